The van der Waals surface area contributed by atoms with Crippen LogP contribution in [0.1, 0.15) is 38.3 Å². The Morgan fingerprint density at radius 2 is 1.97 bits per heavy atom. The van der Waals surface area contributed by atoms with Crippen LogP contribution < -0.4 is 0 Å². The lowest BCUT2D eigenvalue weighted by atomic mass is 10.0. The molecular weight excluding hydrogens is 437 g/mol. The topological polar surface area (TPSA) is 72.0 Å². The van der Waals surface area contributed by atoms with Crippen LogP contribution in [0.4, 0.5) is 4.39 Å². The molecule has 31 heavy (non-hydrogen) atoms. The second kappa shape index (κ2) is 8.94. The fourth-order valence-corrected chi connectivity index (χ4v) is 4.03. The minimum atomic E-state index is -1.03. The number of aromatic nitrogens is 3. The number of halogens is 2. The molecule has 0 saturated carbocycles. The standard InChI is InChI=1S/C23H21ClFN3O2S/c1-23(2,29)18-9-5-15(12-26-18)21-22(31-20-10-6-16(24)13-27-20)30-19(28-21)11-14-3-7-17(25)8-4-14/h3,5-7,9-10,12-13,29H,4,8,11H2,1-2H3. The largest absolute Gasteiger partial charge is 0.433 e. The molecule has 0 fully saturated rings. The molecule has 0 aliphatic heterocycles. The van der Waals surface area contributed by atoms with Crippen molar-refractivity contribution in [1.29, 1.82) is 0 Å². The van der Waals surface area contributed by atoms with E-state index in [-0.39, 0.29) is 5.83 Å². The van der Waals surface area contributed by atoms with Crippen LogP contribution in [-0.2, 0) is 12.0 Å². The Morgan fingerprint density at radius 3 is 2.58 bits per heavy atom. The second-order valence-corrected chi connectivity index (χ2v) is 9.20. The van der Waals surface area contributed by atoms with Gasteiger partial charge < -0.3 is 9.52 Å². The molecule has 8 heteroatoms. The van der Waals surface area contributed by atoms with Crippen molar-refractivity contribution in [2.45, 2.75) is 48.8 Å². The molecule has 160 valence electrons. The summed E-state index contributed by atoms with van der Waals surface area (Å²) in [6.07, 6.45) is 8.08. The van der Waals surface area contributed by atoms with Gasteiger partial charge in [0.1, 0.15) is 22.1 Å². The maximum Gasteiger partial charge on any atom is 0.200 e. The molecule has 0 amide bonds. The van der Waals surface area contributed by atoms with Crippen LogP contribution >= 0.6 is 23.4 Å². The molecule has 5 nitrogen and oxygen atoms in total. The molecule has 1 aliphatic rings. The molecule has 4 rings (SSSR count). The Bertz CT molecular complexity index is 1130. The van der Waals surface area contributed by atoms with E-state index in [2.05, 4.69) is 9.97 Å². The van der Waals surface area contributed by atoms with Crippen molar-refractivity contribution >= 4 is 23.4 Å². The van der Waals surface area contributed by atoms with E-state index in [9.17, 15) is 9.50 Å². The molecular formula is C23H21ClFN3O2S. The smallest absolute Gasteiger partial charge is 0.200 e. The van der Waals surface area contributed by atoms with Gasteiger partial charge in [-0.1, -0.05) is 23.3 Å². The summed E-state index contributed by atoms with van der Waals surface area (Å²) in [5.74, 6) is 0.430. The Labute approximate surface area is 189 Å². The molecule has 3 aromatic rings. The lowest BCUT2D eigenvalue weighted by Gasteiger charge is -2.16. The maximum absolute atomic E-state index is 13.3. The summed E-state index contributed by atoms with van der Waals surface area (Å²) in [4.78, 5) is 13.4. The summed E-state index contributed by atoms with van der Waals surface area (Å²) in [6, 6.07) is 7.21. The second-order valence-electron chi connectivity index (χ2n) is 7.77. The molecule has 3 aromatic heterocycles. The van der Waals surface area contributed by atoms with Crippen molar-refractivity contribution in [3.8, 4) is 11.3 Å². The van der Waals surface area contributed by atoms with Crippen LogP contribution in [0, 0.1) is 0 Å². The van der Waals surface area contributed by atoms with Gasteiger partial charge in [0, 0.05) is 30.8 Å². The molecule has 0 bridgehead atoms. The molecule has 0 saturated heterocycles. The highest BCUT2D eigenvalue weighted by atomic mass is 35.5. The minimum Gasteiger partial charge on any atom is -0.433 e. The highest BCUT2D eigenvalue weighted by Crippen LogP contribution is 2.37. The van der Waals surface area contributed by atoms with Gasteiger partial charge in [-0.2, -0.15) is 0 Å². The van der Waals surface area contributed by atoms with Crippen LogP contribution in [0.25, 0.3) is 11.3 Å². The third-order valence-corrected chi connectivity index (χ3v) is 5.90. The average molecular weight is 458 g/mol. The van der Waals surface area contributed by atoms with Crippen LogP contribution in [0.5, 0.6) is 0 Å². The van der Waals surface area contributed by atoms with E-state index in [0.717, 1.165) is 16.2 Å². The van der Waals surface area contributed by atoms with E-state index in [4.69, 9.17) is 21.0 Å². The fraction of sp³-hybridized carbons (Fsp3) is 0.261. The van der Waals surface area contributed by atoms with E-state index >= 15 is 0 Å². The van der Waals surface area contributed by atoms with Crippen molar-refractivity contribution in [2.24, 2.45) is 0 Å². The molecule has 0 aromatic carbocycles. The van der Waals surface area contributed by atoms with E-state index in [0.29, 0.717) is 46.7 Å². The summed E-state index contributed by atoms with van der Waals surface area (Å²) in [6.45, 7) is 3.37. The number of hydrogen-bond acceptors (Lipinski definition) is 6. The lowest BCUT2D eigenvalue weighted by molar-refractivity contribution is 0.0739. The molecule has 1 aliphatic carbocycles. The van der Waals surface area contributed by atoms with Gasteiger partial charge in [0.25, 0.3) is 0 Å². The Morgan fingerprint density at radius 1 is 1.13 bits per heavy atom. The van der Waals surface area contributed by atoms with Gasteiger partial charge >= 0.3 is 0 Å². The van der Waals surface area contributed by atoms with Crippen molar-refractivity contribution in [2.75, 3.05) is 0 Å². The summed E-state index contributed by atoms with van der Waals surface area (Å²) in [7, 11) is 0. The van der Waals surface area contributed by atoms with E-state index in [1.807, 2.05) is 12.1 Å². The summed E-state index contributed by atoms with van der Waals surface area (Å²) in [5, 5.41) is 12.0. The lowest BCUT2D eigenvalue weighted by Crippen LogP contribution is -2.17. The van der Waals surface area contributed by atoms with Crippen molar-refractivity contribution in [3.05, 3.63) is 76.8 Å². The van der Waals surface area contributed by atoms with Crippen molar-refractivity contribution < 1.29 is 13.9 Å². The third kappa shape index (κ3) is 5.42. The molecule has 3 heterocycles. The van der Waals surface area contributed by atoms with Crippen LogP contribution in [-0.4, -0.2) is 20.1 Å². The normalized spacial score (nSPS) is 14.4. The molecule has 0 radical (unpaired) electrons. The van der Waals surface area contributed by atoms with Gasteiger partial charge in [0.05, 0.1) is 10.7 Å². The number of allylic oxidation sites excluding steroid dienone is 4. The summed E-state index contributed by atoms with van der Waals surface area (Å²) in [5.41, 5.74) is 2.00. The van der Waals surface area contributed by atoms with Gasteiger partial charge in [-0.25, -0.2) is 14.4 Å². The first kappa shape index (κ1) is 21.7. The summed E-state index contributed by atoms with van der Waals surface area (Å²) < 4.78 is 19.4. The van der Waals surface area contributed by atoms with Gasteiger partial charge in [-0.3, -0.25) is 4.98 Å². The van der Waals surface area contributed by atoms with Crippen molar-refractivity contribution in [3.63, 3.8) is 0 Å². The average Bonchev–Trinajstić information content (AvgIpc) is 3.13. The van der Waals surface area contributed by atoms with Crippen LogP contribution in [0.3, 0.4) is 0 Å². The van der Waals surface area contributed by atoms with Gasteiger partial charge in [-0.15, -0.1) is 0 Å². The Hall–Kier alpha value is -2.48. The molecule has 0 atom stereocenters. The molecule has 1 N–H and O–H groups in total. The summed E-state index contributed by atoms with van der Waals surface area (Å²) >= 11 is 7.29. The van der Waals surface area contributed by atoms with Crippen molar-refractivity contribution in [1.82, 2.24) is 15.0 Å². The highest BCUT2D eigenvalue weighted by Gasteiger charge is 2.21. The number of nitrogens with zero attached hydrogens (tertiary/aromatic N) is 3. The Balaban J connectivity index is 1.67. The third-order valence-electron chi connectivity index (χ3n) is 4.76. The zero-order valence-corrected chi connectivity index (χ0v) is 18.7. The van der Waals surface area contributed by atoms with Gasteiger partial charge in [0.15, 0.2) is 11.0 Å². The zero-order valence-electron chi connectivity index (χ0n) is 17.1. The minimum absolute atomic E-state index is 0.111. The Kier molecular flexibility index (Phi) is 6.27. The van der Waals surface area contributed by atoms with Crippen LogP contribution in [0.2, 0.25) is 5.02 Å². The number of pyridine rings is 2. The van der Waals surface area contributed by atoms with Gasteiger partial charge in [-0.05, 0) is 62.4 Å². The first-order valence-electron chi connectivity index (χ1n) is 9.80. The quantitative estimate of drug-likeness (QED) is 0.469. The number of oxazole rings is 1. The zero-order chi connectivity index (χ0) is 22.0. The monoisotopic (exact) mass is 457 g/mol. The number of hydrogen-bond donors (Lipinski definition) is 1. The first-order valence-corrected chi connectivity index (χ1v) is 11.0. The van der Waals surface area contributed by atoms with E-state index < -0.39 is 5.60 Å². The maximum atomic E-state index is 13.3. The predicted molar refractivity (Wildman–Crippen MR) is 119 cm³/mol. The first-order chi connectivity index (χ1) is 14.8. The molecule has 0 unspecified atom stereocenters. The number of aliphatic hydroxyl groups is 1. The van der Waals surface area contributed by atoms with E-state index in [1.165, 1.54) is 17.8 Å². The highest BCUT2D eigenvalue weighted by molar-refractivity contribution is 7.99. The van der Waals surface area contributed by atoms with Gasteiger partial charge in [0.2, 0.25) is 0 Å². The number of rotatable bonds is 6. The predicted octanol–water partition coefficient (Wildman–Crippen LogP) is 6.28. The van der Waals surface area contributed by atoms with E-state index in [1.54, 1.807) is 44.4 Å². The van der Waals surface area contributed by atoms with Crippen LogP contribution in [0.15, 0.2) is 74.7 Å². The fourth-order valence-electron chi connectivity index (χ4n) is 3.09. The SMILES string of the molecule is CC(C)(O)c1ccc(-c2nc(CC3=CC=C(F)CC3)oc2Sc2ccc(Cl)cn2)cn1. The molecule has 0 spiro atoms.